The summed E-state index contributed by atoms with van der Waals surface area (Å²) in [5, 5.41) is 0.570. The Kier molecular flexibility index (Phi) is 5.67. The summed E-state index contributed by atoms with van der Waals surface area (Å²) >= 11 is 7.41. The molecule has 2 aliphatic rings. The molecule has 1 saturated heterocycles. The first-order valence-corrected chi connectivity index (χ1v) is 10.6. The van der Waals surface area contributed by atoms with E-state index in [1.165, 1.54) is 16.7 Å². The Morgan fingerprint density at radius 2 is 1.66 bits per heavy atom. The predicted octanol–water partition coefficient (Wildman–Crippen LogP) is 4.17. The van der Waals surface area contributed by atoms with Crippen molar-refractivity contribution < 1.29 is 14.3 Å². The molecule has 5 nitrogen and oxygen atoms in total. The predicted molar refractivity (Wildman–Crippen MR) is 115 cm³/mol. The number of imide groups is 1. The molecular formula is C22H21ClN2O3S. The first kappa shape index (κ1) is 20.0. The van der Waals surface area contributed by atoms with Crippen LogP contribution in [0.15, 0.2) is 58.0 Å². The quantitative estimate of drug-likeness (QED) is 0.684. The lowest BCUT2D eigenvalue weighted by molar-refractivity contribution is -0.121. The molecule has 0 saturated carbocycles. The third-order valence-corrected chi connectivity index (χ3v) is 6.30. The van der Waals surface area contributed by atoms with Gasteiger partial charge in [0.05, 0.1) is 18.9 Å². The van der Waals surface area contributed by atoms with E-state index in [0.29, 0.717) is 47.6 Å². The molecule has 2 heterocycles. The Balaban J connectivity index is 1.75. The van der Waals surface area contributed by atoms with Crippen LogP contribution in [0.1, 0.15) is 11.1 Å². The fourth-order valence-corrected chi connectivity index (χ4v) is 4.69. The van der Waals surface area contributed by atoms with Gasteiger partial charge in [-0.25, -0.2) is 4.90 Å². The van der Waals surface area contributed by atoms with Gasteiger partial charge in [-0.2, -0.15) is 0 Å². The van der Waals surface area contributed by atoms with Crippen molar-refractivity contribution in [2.75, 3.05) is 31.2 Å². The number of amides is 2. The topological polar surface area (TPSA) is 49.9 Å². The number of rotatable bonds is 4. The highest BCUT2D eigenvalue weighted by atomic mass is 35.5. The van der Waals surface area contributed by atoms with Gasteiger partial charge in [0.2, 0.25) is 0 Å². The standard InChI is InChI=1S/C22H21ClN2O3S/c1-14-3-6-17(7-4-14)29-20-19(24-9-11-28-12-10-24)21(26)25(22(20)27)18-8-5-16(23)13-15(18)2/h3-8,13H,9-12H2,1-2H3. The minimum Gasteiger partial charge on any atom is -0.378 e. The molecule has 150 valence electrons. The van der Waals surface area contributed by atoms with Crippen LogP contribution in [0.25, 0.3) is 0 Å². The lowest BCUT2D eigenvalue weighted by atomic mass is 10.2. The zero-order valence-electron chi connectivity index (χ0n) is 16.3. The van der Waals surface area contributed by atoms with Crippen LogP contribution in [0.2, 0.25) is 5.02 Å². The summed E-state index contributed by atoms with van der Waals surface area (Å²) in [6, 6.07) is 13.1. The fourth-order valence-electron chi connectivity index (χ4n) is 3.47. The molecular weight excluding hydrogens is 408 g/mol. The highest BCUT2D eigenvalue weighted by Crippen LogP contribution is 2.40. The van der Waals surface area contributed by atoms with E-state index in [1.54, 1.807) is 18.2 Å². The molecule has 2 aromatic rings. The normalized spacial score (nSPS) is 17.5. The number of aryl methyl sites for hydroxylation is 2. The summed E-state index contributed by atoms with van der Waals surface area (Å²) in [4.78, 5) is 31.5. The smallest absolute Gasteiger partial charge is 0.283 e. The Labute approximate surface area is 179 Å². The average molecular weight is 429 g/mol. The van der Waals surface area contributed by atoms with E-state index < -0.39 is 0 Å². The summed E-state index contributed by atoms with van der Waals surface area (Å²) in [6.07, 6.45) is 0. The zero-order valence-corrected chi connectivity index (χ0v) is 17.8. The molecule has 0 spiro atoms. The number of anilines is 1. The molecule has 0 atom stereocenters. The molecule has 2 aliphatic heterocycles. The van der Waals surface area contributed by atoms with Gasteiger partial charge in [0.25, 0.3) is 11.8 Å². The van der Waals surface area contributed by atoms with Crippen molar-refractivity contribution in [1.82, 2.24) is 4.90 Å². The van der Waals surface area contributed by atoms with Gasteiger partial charge < -0.3 is 9.64 Å². The lowest BCUT2D eigenvalue weighted by Gasteiger charge is -2.29. The van der Waals surface area contributed by atoms with Crippen LogP contribution in [0.3, 0.4) is 0 Å². The number of carbonyl (C=O) groups is 2. The van der Waals surface area contributed by atoms with E-state index in [9.17, 15) is 9.59 Å². The lowest BCUT2D eigenvalue weighted by Crippen LogP contribution is -2.40. The van der Waals surface area contributed by atoms with Gasteiger partial charge in [0.1, 0.15) is 10.6 Å². The number of thioether (sulfide) groups is 1. The Hall–Kier alpha value is -2.28. The van der Waals surface area contributed by atoms with Gasteiger partial charge in [0.15, 0.2) is 0 Å². The van der Waals surface area contributed by atoms with Crippen molar-refractivity contribution in [2.45, 2.75) is 18.7 Å². The fraction of sp³-hybridized carbons (Fsp3) is 0.273. The van der Waals surface area contributed by atoms with E-state index >= 15 is 0 Å². The monoisotopic (exact) mass is 428 g/mol. The van der Waals surface area contributed by atoms with Crippen LogP contribution in [-0.2, 0) is 14.3 Å². The van der Waals surface area contributed by atoms with Gasteiger partial charge in [0, 0.05) is 23.0 Å². The van der Waals surface area contributed by atoms with Crippen LogP contribution in [0.4, 0.5) is 5.69 Å². The van der Waals surface area contributed by atoms with Crippen molar-refractivity contribution in [2.24, 2.45) is 0 Å². The summed E-state index contributed by atoms with van der Waals surface area (Å²) in [5.74, 6) is -0.593. The van der Waals surface area contributed by atoms with Crippen LogP contribution < -0.4 is 4.90 Å². The van der Waals surface area contributed by atoms with Crippen LogP contribution in [-0.4, -0.2) is 43.0 Å². The molecule has 1 fully saturated rings. The van der Waals surface area contributed by atoms with Gasteiger partial charge >= 0.3 is 0 Å². The molecule has 29 heavy (non-hydrogen) atoms. The molecule has 0 bridgehead atoms. The van der Waals surface area contributed by atoms with Crippen LogP contribution in [0, 0.1) is 13.8 Å². The SMILES string of the molecule is Cc1ccc(SC2=C(N3CCOCC3)C(=O)N(c3ccc(Cl)cc3C)C2=O)cc1. The van der Waals surface area contributed by atoms with Gasteiger partial charge in [-0.05, 0) is 49.7 Å². The maximum atomic E-state index is 13.4. The molecule has 0 radical (unpaired) electrons. The largest absolute Gasteiger partial charge is 0.378 e. The Bertz CT molecular complexity index is 998. The summed E-state index contributed by atoms with van der Waals surface area (Å²) in [5.41, 5.74) is 2.94. The number of benzene rings is 2. The molecule has 0 aromatic heterocycles. The van der Waals surface area contributed by atoms with E-state index in [-0.39, 0.29) is 11.8 Å². The molecule has 4 rings (SSSR count). The number of hydrogen-bond acceptors (Lipinski definition) is 5. The minimum absolute atomic E-state index is 0.295. The third kappa shape index (κ3) is 3.92. The zero-order chi connectivity index (χ0) is 20.5. The maximum absolute atomic E-state index is 13.4. The van der Waals surface area contributed by atoms with Crippen molar-refractivity contribution in [1.29, 1.82) is 0 Å². The van der Waals surface area contributed by atoms with E-state index in [2.05, 4.69) is 0 Å². The van der Waals surface area contributed by atoms with Gasteiger partial charge in [-0.1, -0.05) is 41.1 Å². The summed E-state index contributed by atoms with van der Waals surface area (Å²) < 4.78 is 5.44. The second kappa shape index (κ2) is 8.22. The van der Waals surface area contributed by atoms with Crippen LogP contribution >= 0.6 is 23.4 Å². The Morgan fingerprint density at radius 3 is 2.31 bits per heavy atom. The number of ether oxygens (including phenoxy) is 1. The second-order valence-corrected chi connectivity index (χ2v) is 8.59. The van der Waals surface area contributed by atoms with Crippen molar-refractivity contribution in [3.8, 4) is 0 Å². The van der Waals surface area contributed by atoms with E-state index in [4.69, 9.17) is 16.3 Å². The molecule has 0 N–H and O–H groups in total. The molecule has 0 aliphatic carbocycles. The molecule has 0 unspecified atom stereocenters. The number of carbonyl (C=O) groups excluding carboxylic acids is 2. The maximum Gasteiger partial charge on any atom is 0.283 e. The first-order valence-electron chi connectivity index (χ1n) is 9.42. The van der Waals surface area contributed by atoms with Crippen molar-refractivity contribution >= 4 is 40.9 Å². The first-order chi connectivity index (χ1) is 14.0. The van der Waals surface area contributed by atoms with E-state index in [0.717, 1.165) is 16.0 Å². The van der Waals surface area contributed by atoms with Crippen molar-refractivity contribution in [3.05, 3.63) is 69.2 Å². The number of halogens is 1. The minimum atomic E-state index is -0.299. The van der Waals surface area contributed by atoms with Crippen molar-refractivity contribution in [3.63, 3.8) is 0 Å². The van der Waals surface area contributed by atoms with E-state index in [1.807, 2.05) is 43.0 Å². The summed E-state index contributed by atoms with van der Waals surface area (Å²) in [7, 11) is 0. The van der Waals surface area contributed by atoms with Gasteiger partial charge in [-0.15, -0.1) is 0 Å². The second-order valence-electron chi connectivity index (χ2n) is 7.07. The van der Waals surface area contributed by atoms with Crippen LogP contribution in [0.5, 0.6) is 0 Å². The average Bonchev–Trinajstić information content (AvgIpc) is 2.94. The van der Waals surface area contributed by atoms with Gasteiger partial charge in [-0.3, -0.25) is 9.59 Å². The molecule has 2 amide bonds. The highest BCUT2D eigenvalue weighted by molar-refractivity contribution is 8.04. The molecule has 7 heteroatoms. The number of hydrogen-bond donors (Lipinski definition) is 0. The molecule has 2 aromatic carbocycles. The number of morpholine rings is 1. The number of nitrogens with zero attached hydrogens (tertiary/aromatic N) is 2. The summed E-state index contributed by atoms with van der Waals surface area (Å²) in [6.45, 7) is 6.10. The Morgan fingerprint density at radius 1 is 0.966 bits per heavy atom. The highest BCUT2D eigenvalue weighted by Gasteiger charge is 2.43. The third-order valence-electron chi connectivity index (χ3n) is 4.99.